The van der Waals surface area contributed by atoms with Crippen molar-refractivity contribution in [1.82, 2.24) is 5.32 Å². The Balaban J connectivity index is 2.38. The number of phenols is 1. The lowest BCUT2D eigenvalue weighted by Gasteiger charge is -2.15. The first kappa shape index (κ1) is 11.7. The minimum atomic E-state index is -0.341. The summed E-state index contributed by atoms with van der Waals surface area (Å²) in [7, 11) is 1.46. The lowest BCUT2D eigenvalue weighted by Crippen LogP contribution is -2.30. The molecule has 0 spiro atoms. The van der Waals surface area contributed by atoms with Crippen LogP contribution in [0.3, 0.4) is 0 Å². The van der Waals surface area contributed by atoms with Gasteiger partial charge in [-0.2, -0.15) is 0 Å². The molecule has 2 rings (SSSR count). The standard InChI is InChI=1S/C11H12N2O3S/c1-6-10(15)13(11(17)12-6)7-3-4-9(16-2)8(14)5-7/h3-6,14H,1-2H3,(H,12,17). The molecule has 1 aliphatic rings. The van der Waals surface area contributed by atoms with Crippen molar-refractivity contribution < 1.29 is 14.6 Å². The summed E-state index contributed by atoms with van der Waals surface area (Å²) < 4.78 is 4.94. The average molecular weight is 252 g/mol. The van der Waals surface area contributed by atoms with Gasteiger partial charge in [0, 0.05) is 6.07 Å². The largest absolute Gasteiger partial charge is 0.504 e. The van der Waals surface area contributed by atoms with Crippen molar-refractivity contribution in [2.24, 2.45) is 0 Å². The van der Waals surface area contributed by atoms with E-state index < -0.39 is 0 Å². The Morgan fingerprint density at radius 1 is 1.53 bits per heavy atom. The predicted molar refractivity (Wildman–Crippen MR) is 67.3 cm³/mol. The second kappa shape index (κ2) is 4.21. The second-order valence-electron chi connectivity index (χ2n) is 3.70. The van der Waals surface area contributed by atoms with E-state index in [0.717, 1.165) is 0 Å². The van der Waals surface area contributed by atoms with Crippen LogP contribution in [0.5, 0.6) is 11.5 Å². The first-order valence-corrected chi connectivity index (χ1v) is 5.47. The third kappa shape index (κ3) is 1.91. The Bertz CT molecular complexity index is 490. The number of aromatic hydroxyl groups is 1. The Hall–Kier alpha value is -1.82. The summed E-state index contributed by atoms with van der Waals surface area (Å²) >= 11 is 5.06. The van der Waals surface area contributed by atoms with Gasteiger partial charge in [-0.3, -0.25) is 9.69 Å². The topological polar surface area (TPSA) is 61.8 Å². The predicted octanol–water partition coefficient (Wildman–Crippen LogP) is 1.01. The molecule has 1 saturated heterocycles. The fraction of sp³-hybridized carbons (Fsp3) is 0.273. The van der Waals surface area contributed by atoms with E-state index in [1.54, 1.807) is 19.1 Å². The highest BCUT2D eigenvalue weighted by molar-refractivity contribution is 7.80. The Labute approximate surface area is 104 Å². The summed E-state index contributed by atoms with van der Waals surface area (Å²) in [6.07, 6.45) is 0. The number of methoxy groups -OCH3 is 1. The SMILES string of the molecule is COc1ccc(N2C(=O)C(C)NC2=S)cc1O. The van der Waals surface area contributed by atoms with Gasteiger partial charge in [-0.15, -0.1) is 0 Å². The number of phenolic OH excluding ortho intramolecular Hbond substituents is 1. The van der Waals surface area contributed by atoms with Crippen LogP contribution >= 0.6 is 12.2 Å². The number of hydrogen-bond acceptors (Lipinski definition) is 4. The van der Waals surface area contributed by atoms with Gasteiger partial charge >= 0.3 is 0 Å². The van der Waals surface area contributed by atoms with Gasteiger partial charge in [0.1, 0.15) is 6.04 Å². The van der Waals surface area contributed by atoms with Crippen molar-refractivity contribution in [2.45, 2.75) is 13.0 Å². The van der Waals surface area contributed by atoms with Crippen LogP contribution in [0, 0.1) is 0 Å². The zero-order valence-electron chi connectivity index (χ0n) is 9.43. The molecular formula is C11H12N2O3S. The summed E-state index contributed by atoms with van der Waals surface area (Å²) in [5, 5.41) is 12.9. The van der Waals surface area contributed by atoms with Crippen LogP contribution in [0.1, 0.15) is 6.92 Å². The highest BCUT2D eigenvalue weighted by Crippen LogP contribution is 2.31. The molecule has 2 N–H and O–H groups in total. The van der Waals surface area contributed by atoms with Gasteiger partial charge in [0.2, 0.25) is 0 Å². The van der Waals surface area contributed by atoms with Gasteiger partial charge < -0.3 is 15.2 Å². The van der Waals surface area contributed by atoms with Crippen LogP contribution in [0.2, 0.25) is 0 Å². The third-order valence-electron chi connectivity index (χ3n) is 2.55. The van der Waals surface area contributed by atoms with Gasteiger partial charge in [0.25, 0.3) is 5.91 Å². The number of rotatable bonds is 2. The van der Waals surface area contributed by atoms with Crippen molar-refractivity contribution in [3.8, 4) is 11.5 Å². The molecular weight excluding hydrogens is 240 g/mol. The van der Waals surface area contributed by atoms with Crippen molar-refractivity contribution in [1.29, 1.82) is 0 Å². The van der Waals surface area contributed by atoms with E-state index in [1.807, 2.05) is 0 Å². The van der Waals surface area contributed by atoms with Gasteiger partial charge in [-0.1, -0.05) is 0 Å². The molecule has 0 aromatic heterocycles. The molecule has 1 aliphatic heterocycles. The third-order valence-corrected chi connectivity index (χ3v) is 2.85. The molecule has 1 heterocycles. The monoisotopic (exact) mass is 252 g/mol. The van der Waals surface area contributed by atoms with E-state index in [4.69, 9.17) is 17.0 Å². The first-order chi connectivity index (χ1) is 8.04. The molecule has 0 radical (unpaired) electrons. The molecule has 1 aromatic rings. The van der Waals surface area contributed by atoms with Crippen molar-refractivity contribution in [3.63, 3.8) is 0 Å². The average Bonchev–Trinajstić information content (AvgIpc) is 2.53. The zero-order valence-corrected chi connectivity index (χ0v) is 10.2. The van der Waals surface area contributed by atoms with E-state index in [-0.39, 0.29) is 17.7 Å². The lowest BCUT2D eigenvalue weighted by atomic mass is 10.2. The van der Waals surface area contributed by atoms with Crippen molar-refractivity contribution in [3.05, 3.63) is 18.2 Å². The maximum Gasteiger partial charge on any atom is 0.255 e. The zero-order chi connectivity index (χ0) is 12.6. The number of anilines is 1. The van der Waals surface area contributed by atoms with Gasteiger partial charge in [-0.05, 0) is 31.3 Å². The molecule has 17 heavy (non-hydrogen) atoms. The number of thiocarbonyl (C=S) groups is 1. The van der Waals surface area contributed by atoms with E-state index >= 15 is 0 Å². The molecule has 1 fully saturated rings. The maximum atomic E-state index is 11.8. The van der Waals surface area contributed by atoms with Crippen molar-refractivity contribution in [2.75, 3.05) is 12.0 Å². The molecule has 5 nitrogen and oxygen atoms in total. The summed E-state index contributed by atoms with van der Waals surface area (Å²) in [5.41, 5.74) is 0.523. The van der Waals surface area contributed by atoms with Crippen LogP contribution in [0.25, 0.3) is 0 Å². The van der Waals surface area contributed by atoms with Crippen molar-refractivity contribution >= 4 is 28.9 Å². The molecule has 6 heteroatoms. The summed E-state index contributed by atoms with van der Waals surface area (Å²) in [5.74, 6) is 0.187. The van der Waals surface area contributed by atoms with E-state index in [9.17, 15) is 9.90 Å². The summed E-state index contributed by atoms with van der Waals surface area (Å²) in [6.45, 7) is 1.73. The Morgan fingerprint density at radius 3 is 2.71 bits per heavy atom. The van der Waals surface area contributed by atoms with Crippen LogP contribution < -0.4 is 15.0 Å². The number of ether oxygens (including phenoxy) is 1. The molecule has 0 saturated carbocycles. The maximum absolute atomic E-state index is 11.8. The molecule has 1 aromatic carbocycles. The molecule has 90 valence electrons. The van der Waals surface area contributed by atoms with Crippen LogP contribution in [0.15, 0.2) is 18.2 Å². The number of benzene rings is 1. The first-order valence-electron chi connectivity index (χ1n) is 5.06. The number of carbonyl (C=O) groups excluding carboxylic acids is 1. The fourth-order valence-electron chi connectivity index (χ4n) is 1.67. The Morgan fingerprint density at radius 2 is 2.24 bits per heavy atom. The van der Waals surface area contributed by atoms with E-state index in [1.165, 1.54) is 18.1 Å². The number of nitrogens with one attached hydrogen (secondary N) is 1. The highest BCUT2D eigenvalue weighted by atomic mass is 32.1. The number of hydrogen-bond donors (Lipinski definition) is 2. The normalized spacial score (nSPS) is 19.4. The summed E-state index contributed by atoms with van der Waals surface area (Å²) in [6, 6.07) is 4.36. The van der Waals surface area contributed by atoms with Gasteiger partial charge in [0.15, 0.2) is 16.6 Å². The fourth-order valence-corrected chi connectivity index (χ4v) is 2.04. The quantitative estimate of drug-likeness (QED) is 0.769. The number of amides is 1. The minimum Gasteiger partial charge on any atom is -0.504 e. The smallest absolute Gasteiger partial charge is 0.255 e. The molecule has 1 amide bonds. The lowest BCUT2D eigenvalue weighted by molar-refractivity contribution is -0.117. The molecule has 0 aliphatic carbocycles. The highest BCUT2D eigenvalue weighted by Gasteiger charge is 2.33. The van der Waals surface area contributed by atoms with Crippen LogP contribution in [-0.4, -0.2) is 29.3 Å². The van der Waals surface area contributed by atoms with E-state index in [2.05, 4.69) is 5.32 Å². The van der Waals surface area contributed by atoms with Gasteiger partial charge in [-0.25, -0.2) is 0 Å². The number of carbonyl (C=O) groups is 1. The molecule has 1 unspecified atom stereocenters. The van der Waals surface area contributed by atoms with E-state index in [0.29, 0.717) is 16.5 Å². The second-order valence-corrected chi connectivity index (χ2v) is 4.09. The minimum absolute atomic E-state index is 0.0276. The van der Waals surface area contributed by atoms with Crippen LogP contribution in [0.4, 0.5) is 5.69 Å². The summed E-state index contributed by atoms with van der Waals surface area (Å²) in [4.78, 5) is 13.2. The van der Waals surface area contributed by atoms with Crippen LogP contribution in [-0.2, 0) is 4.79 Å². The Kier molecular flexibility index (Phi) is 2.89. The molecule has 1 atom stereocenters. The molecule has 0 bridgehead atoms. The van der Waals surface area contributed by atoms with Gasteiger partial charge in [0.05, 0.1) is 12.8 Å². The number of nitrogens with zero attached hydrogens (tertiary/aromatic N) is 1.